The fraction of sp³-hybridized carbons (Fsp3) is 0.462. The summed E-state index contributed by atoms with van der Waals surface area (Å²) in [6.07, 6.45) is 2.12. The van der Waals surface area contributed by atoms with Gasteiger partial charge in [-0.1, -0.05) is 22.0 Å². The van der Waals surface area contributed by atoms with Gasteiger partial charge in [0.15, 0.2) is 11.6 Å². The van der Waals surface area contributed by atoms with Crippen LogP contribution >= 0.6 is 15.9 Å². The second-order valence-electron chi connectivity index (χ2n) is 4.46. The summed E-state index contributed by atoms with van der Waals surface area (Å²) in [4.78, 5) is 13.9. The van der Waals surface area contributed by atoms with E-state index >= 15 is 0 Å². The molecule has 1 aromatic carbocycles. The third kappa shape index (κ3) is 2.88. The first kappa shape index (κ1) is 13.5. The lowest BCUT2D eigenvalue weighted by Gasteiger charge is -2.23. The molecule has 1 fully saturated rings. The van der Waals surface area contributed by atoms with Gasteiger partial charge in [0.25, 0.3) is 0 Å². The summed E-state index contributed by atoms with van der Waals surface area (Å²) in [5.74, 6) is -1.81. The van der Waals surface area contributed by atoms with Crippen LogP contribution in [0.25, 0.3) is 0 Å². The number of nitrogens with zero attached hydrogens (tertiary/aromatic N) is 1. The molecule has 1 heterocycles. The van der Waals surface area contributed by atoms with Gasteiger partial charge in [-0.05, 0) is 30.5 Å². The highest BCUT2D eigenvalue weighted by Gasteiger charge is 2.27. The number of likely N-dealkylation sites (tertiary alicyclic amines) is 1. The van der Waals surface area contributed by atoms with Crippen LogP contribution < -0.4 is 0 Å². The zero-order valence-electron chi connectivity index (χ0n) is 9.83. The Morgan fingerprint density at radius 2 is 2.17 bits per heavy atom. The van der Waals surface area contributed by atoms with Gasteiger partial charge in [0.2, 0.25) is 5.91 Å². The molecule has 0 aliphatic carbocycles. The Morgan fingerprint density at radius 1 is 1.39 bits per heavy atom. The molecule has 1 aliphatic rings. The van der Waals surface area contributed by atoms with Gasteiger partial charge in [0.1, 0.15) is 0 Å². The molecule has 1 unspecified atom stereocenters. The number of halogens is 3. The van der Waals surface area contributed by atoms with Gasteiger partial charge >= 0.3 is 0 Å². The molecular weight excluding hydrogens is 304 g/mol. The van der Waals surface area contributed by atoms with E-state index in [1.54, 1.807) is 0 Å². The first-order valence-electron chi connectivity index (χ1n) is 5.91. The lowest BCUT2D eigenvalue weighted by molar-refractivity contribution is -0.130. The van der Waals surface area contributed by atoms with Crippen LogP contribution in [0.1, 0.15) is 18.4 Å². The van der Waals surface area contributed by atoms with E-state index in [1.807, 2.05) is 4.90 Å². The number of alkyl halides is 1. The Bertz CT molecular complexity index is 453. The van der Waals surface area contributed by atoms with Crippen LogP contribution in [0, 0.1) is 11.6 Å². The Labute approximate surface area is 113 Å². The van der Waals surface area contributed by atoms with Crippen molar-refractivity contribution >= 4 is 21.8 Å². The number of benzene rings is 1. The quantitative estimate of drug-likeness (QED) is 0.785. The van der Waals surface area contributed by atoms with Crippen LogP contribution in [0.5, 0.6) is 0 Å². The van der Waals surface area contributed by atoms with E-state index in [0.717, 1.165) is 36.8 Å². The number of carbonyl (C=O) groups excluding carboxylic acids is 1. The second kappa shape index (κ2) is 5.78. The molecule has 2 nitrogen and oxygen atoms in total. The minimum absolute atomic E-state index is 0.0250. The average Bonchev–Trinajstić information content (AvgIpc) is 2.82. The summed E-state index contributed by atoms with van der Waals surface area (Å²) in [6.45, 7) is 0.749. The van der Waals surface area contributed by atoms with Gasteiger partial charge in [0, 0.05) is 17.9 Å². The molecule has 18 heavy (non-hydrogen) atoms. The molecule has 98 valence electrons. The standard InChI is InChI=1S/C13H14BrF2NO/c14-8-10-2-1-5-17(10)13(18)7-9-3-4-11(15)12(16)6-9/h3-4,6,10H,1-2,5,7-8H2. The van der Waals surface area contributed by atoms with Crippen molar-refractivity contribution in [1.82, 2.24) is 4.90 Å². The van der Waals surface area contributed by atoms with Crippen molar-refractivity contribution < 1.29 is 13.6 Å². The van der Waals surface area contributed by atoms with Crippen LogP contribution in [0.4, 0.5) is 8.78 Å². The molecule has 0 bridgehead atoms. The number of hydrogen-bond donors (Lipinski definition) is 0. The van der Waals surface area contributed by atoms with Crippen molar-refractivity contribution in [3.8, 4) is 0 Å². The minimum Gasteiger partial charge on any atom is -0.339 e. The molecule has 0 radical (unpaired) electrons. The Morgan fingerprint density at radius 3 is 2.83 bits per heavy atom. The van der Waals surface area contributed by atoms with E-state index in [1.165, 1.54) is 6.07 Å². The molecule has 1 aromatic rings. The monoisotopic (exact) mass is 317 g/mol. The van der Waals surface area contributed by atoms with Gasteiger partial charge in [-0.25, -0.2) is 8.78 Å². The van der Waals surface area contributed by atoms with Crippen molar-refractivity contribution in [3.05, 3.63) is 35.4 Å². The number of amides is 1. The van der Waals surface area contributed by atoms with E-state index in [-0.39, 0.29) is 18.4 Å². The van der Waals surface area contributed by atoms with Crippen molar-refractivity contribution in [2.75, 3.05) is 11.9 Å². The van der Waals surface area contributed by atoms with Gasteiger partial charge in [-0.3, -0.25) is 4.79 Å². The van der Waals surface area contributed by atoms with Gasteiger partial charge < -0.3 is 4.90 Å². The fourth-order valence-electron chi connectivity index (χ4n) is 2.25. The van der Waals surface area contributed by atoms with E-state index in [0.29, 0.717) is 5.56 Å². The summed E-state index contributed by atoms with van der Waals surface area (Å²) in [6, 6.07) is 3.83. The summed E-state index contributed by atoms with van der Waals surface area (Å²) in [5.41, 5.74) is 0.513. The third-order valence-electron chi connectivity index (χ3n) is 3.21. The molecule has 1 amide bonds. The molecule has 5 heteroatoms. The van der Waals surface area contributed by atoms with Crippen LogP contribution in [-0.2, 0) is 11.2 Å². The SMILES string of the molecule is O=C(Cc1ccc(F)c(F)c1)N1CCCC1CBr. The summed E-state index contributed by atoms with van der Waals surface area (Å²) >= 11 is 3.39. The van der Waals surface area contributed by atoms with Gasteiger partial charge in [0.05, 0.1) is 6.42 Å². The topological polar surface area (TPSA) is 20.3 Å². The maximum atomic E-state index is 13.0. The smallest absolute Gasteiger partial charge is 0.227 e. The predicted octanol–water partition coefficient (Wildman–Crippen LogP) is 2.89. The fourth-order valence-corrected chi connectivity index (χ4v) is 2.92. The van der Waals surface area contributed by atoms with Crippen LogP contribution in [-0.4, -0.2) is 28.7 Å². The highest BCUT2D eigenvalue weighted by Crippen LogP contribution is 2.20. The van der Waals surface area contributed by atoms with Crippen LogP contribution in [0.15, 0.2) is 18.2 Å². The average molecular weight is 318 g/mol. The van der Waals surface area contributed by atoms with Crippen molar-refractivity contribution in [2.45, 2.75) is 25.3 Å². The van der Waals surface area contributed by atoms with E-state index in [4.69, 9.17) is 0 Å². The van der Waals surface area contributed by atoms with E-state index < -0.39 is 11.6 Å². The summed E-state index contributed by atoms with van der Waals surface area (Å²) < 4.78 is 25.8. The van der Waals surface area contributed by atoms with Crippen molar-refractivity contribution in [2.24, 2.45) is 0 Å². The van der Waals surface area contributed by atoms with E-state index in [9.17, 15) is 13.6 Å². The zero-order valence-corrected chi connectivity index (χ0v) is 11.4. The molecule has 1 aliphatic heterocycles. The summed E-state index contributed by atoms with van der Waals surface area (Å²) in [5, 5.41) is 0.760. The summed E-state index contributed by atoms with van der Waals surface area (Å²) in [7, 11) is 0. The lowest BCUT2D eigenvalue weighted by atomic mass is 10.1. The molecule has 0 saturated carbocycles. The highest BCUT2D eigenvalue weighted by atomic mass is 79.9. The molecule has 1 atom stereocenters. The Balaban J connectivity index is 2.04. The third-order valence-corrected chi connectivity index (χ3v) is 3.96. The second-order valence-corrected chi connectivity index (χ2v) is 5.11. The molecular formula is C13H14BrF2NO. The van der Waals surface area contributed by atoms with Crippen LogP contribution in [0.3, 0.4) is 0 Å². The first-order chi connectivity index (χ1) is 8.61. The number of hydrogen-bond acceptors (Lipinski definition) is 1. The molecule has 0 N–H and O–H groups in total. The normalized spacial score (nSPS) is 19.3. The van der Waals surface area contributed by atoms with Gasteiger partial charge in [-0.15, -0.1) is 0 Å². The molecule has 2 rings (SSSR count). The molecule has 0 spiro atoms. The maximum Gasteiger partial charge on any atom is 0.227 e. The number of carbonyl (C=O) groups is 1. The van der Waals surface area contributed by atoms with Crippen molar-refractivity contribution in [3.63, 3.8) is 0 Å². The highest BCUT2D eigenvalue weighted by molar-refractivity contribution is 9.09. The lowest BCUT2D eigenvalue weighted by Crippen LogP contribution is -2.37. The molecule has 1 saturated heterocycles. The minimum atomic E-state index is -0.904. The maximum absolute atomic E-state index is 13.0. The van der Waals surface area contributed by atoms with Crippen LogP contribution in [0.2, 0.25) is 0 Å². The van der Waals surface area contributed by atoms with Gasteiger partial charge in [-0.2, -0.15) is 0 Å². The Hall–Kier alpha value is -0.970. The van der Waals surface area contributed by atoms with Crippen molar-refractivity contribution in [1.29, 1.82) is 0 Å². The molecule has 0 aromatic heterocycles. The number of rotatable bonds is 3. The predicted molar refractivity (Wildman–Crippen MR) is 68.6 cm³/mol. The van der Waals surface area contributed by atoms with E-state index in [2.05, 4.69) is 15.9 Å². The largest absolute Gasteiger partial charge is 0.339 e. The zero-order chi connectivity index (χ0) is 13.1. The Kier molecular flexibility index (Phi) is 4.32. The first-order valence-corrected chi connectivity index (χ1v) is 7.03.